The summed E-state index contributed by atoms with van der Waals surface area (Å²) < 4.78 is 48.6. The number of amides is 1. The fourth-order valence-corrected chi connectivity index (χ4v) is 8.99. The summed E-state index contributed by atoms with van der Waals surface area (Å²) in [4.78, 5) is 80.0. The molecule has 1 amide bonds. The Balaban J connectivity index is 1.19. The first-order valence-corrected chi connectivity index (χ1v) is 19.3. The van der Waals surface area contributed by atoms with E-state index in [9.17, 15) is 47.8 Å². The Bertz CT molecular complexity index is 2620. The summed E-state index contributed by atoms with van der Waals surface area (Å²) in [5.41, 5.74) is 0.151. The standard InChI is InChI=1S/C41H30N4O14S/c1-41(24-56-40(49)58-32-18-14-30(15-19-32)45(52)53)35(39(48)59-34(25-8-4-2-5-9-25)26-10-6-3-7-11-26)43-36(46)33(37(43)60(41,54)55)23-28-22-27(20-21-42-28)38(47)57-31-16-12-29(13-17-31)44(50)51/h2-23,34-35,37H,24H2,1H3/b33-23-/t35-,37+,41-/m0/s1. The molecule has 2 aliphatic rings. The Kier molecular flexibility index (Phi) is 10.9. The minimum atomic E-state index is -4.69. The Morgan fingerprint density at radius 3 is 1.88 bits per heavy atom. The van der Waals surface area contributed by atoms with Gasteiger partial charge in [-0.05, 0) is 60.5 Å². The average molecular weight is 835 g/mol. The van der Waals surface area contributed by atoms with Crippen LogP contribution >= 0.6 is 0 Å². The molecule has 0 unspecified atom stereocenters. The molecule has 2 fully saturated rings. The molecule has 3 atom stereocenters. The number of aromatic nitrogens is 1. The molecular weight excluding hydrogens is 805 g/mol. The highest BCUT2D eigenvalue weighted by Crippen LogP contribution is 2.50. The van der Waals surface area contributed by atoms with Crippen LogP contribution < -0.4 is 9.47 Å². The van der Waals surface area contributed by atoms with Gasteiger partial charge in [0, 0.05) is 30.5 Å². The van der Waals surface area contributed by atoms with Crippen molar-refractivity contribution in [3.05, 3.63) is 176 Å². The van der Waals surface area contributed by atoms with E-state index in [1.54, 1.807) is 60.7 Å². The lowest BCUT2D eigenvalue weighted by Crippen LogP contribution is -2.60. The molecule has 0 aliphatic carbocycles. The first-order valence-electron chi connectivity index (χ1n) is 17.8. The summed E-state index contributed by atoms with van der Waals surface area (Å²) in [6.45, 7) is 0.127. The number of carbonyl (C=O) groups is 4. The molecular formula is C41H30N4O14S. The second-order valence-electron chi connectivity index (χ2n) is 13.6. The molecule has 4 aromatic carbocycles. The minimum absolute atomic E-state index is 0.00185. The number of benzene rings is 4. The van der Waals surface area contributed by atoms with E-state index >= 15 is 0 Å². The third kappa shape index (κ3) is 7.75. The second kappa shape index (κ2) is 16.2. The maximum atomic E-state index is 14.6. The number of pyridine rings is 1. The maximum Gasteiger partial charge on any atom is 0.513 e. The van der Waals surface area contributed by atoms with Crippen molar-refractivity contribution in [3.8, 4) is 11.5 Å². The molecule has 7 rings (SSSR count). The molecule has 2 aliphatic heterocycles. The zero-order valence-corrected chi connectivity index (χ0v) is 31.9. The topological polar surface area (TPSA) is 242 Å². The second-order valence-corrected chi connectivity index (χ2v) is 16.0. The van der Waals surface area contributed by atoms with Crippen molar-refractivity contribution in [2.24, 2.45) is 0 Å². The number of non-ortho nitro benzene ring substituents is 2. The van der Waals surface area contributed by atoms with E-state index in [-0.39, 0.29) is 39.7 Å². The van der Waals surface area contributed by atoms with Crippen LogP contribution in [-0.2, 0) is 28.9 Å². The van der Waals surface area contributed by atoms with Crippen molar-refractivity contribution in [1.29, 1.82) is 0 Å². The van der Waals surface area contributed by atoms with Crippen LogP contribution in [0.5, 0.6) is 11.5 Å². The number of nitro groups is 2. The van der Waals surface area contributed by atoms with E-state index in [0.29, 0.717) is 11.1 Å². The molecule has 1 aromatic heterocycles. The number of fused-ring (bicyclic) bond motifs is 1. The normalized spacial score (nSPS) is 19.5. The van der Waals surface area contributed by atoms with E-state index in [1.165, 1.54) is 30.5 Å². The van der Waals surface area contributed by atoms with Crippen LogP contribution in [0.25, 0.3) is 6.08 Å². The van der Waals surface area contributed by atoms with Gasteiger partial charge in [0.1, 0.15) is 22.9 Å². The summed E-state index contributed by atoms with van der Waals surface area (Å²) in [5, 5.41) is 20.3. The number of rotatable bonds is 12. The number of hydrogen-bond donors (Lipinski definition) is 0. The van der Waals surface area contributed by atoms with Gasteiger partial charge in [-0.15, -0.1) is 0 Å². The minimum Gasteiger partial charge on any atom is -0.451 e. The predicted molar refractivity (Wildman–Crippen MR) is 208 cm³/mol. The largest absolute Gasteiger partial charge is 0.513 e. The van der Waals surface area contributed by atoms with E-state index in [4.69, 9.17) is 18.9 Å². The van der Waals surface area contributed by atoms with Crippen LogP contribution in [0.15, 0.2) is 133 Å². The van der Waals surface area contributed by atoms with Crippen molar-refractivity contribution < 1.29 is 56.4 Å². The molecule has 0 spiro atoms. The molecule has 60 heavy (non-hydrogen) atoms. The number of hydrogen-bond acceptors (Lipinski definition) is 15. The van der Waals surface area contributed by atoms with E-state index in [0.717, 1.165) is 54.3 Å². The molecule has 19 heteroatoms. The first-order chi connectivity index (χ1) is 28.7. The smallest absolute Gasteiger partial charge is 0.451 e. The van der Waals surface area contributed by atoms with Crippen LogP contribution in [0, 0.1) is 20.2 Å². The van der Waals surface area contributed by atoms with Crippen LogP contribution in [0.1, 0.15) is 40.2 Å². The van der Waals surface area contributed by atoms with Crippen molar-refractivity contribution in [2.45, 2.75) is 29.2 Å². The van der Waals surface area contributed by atoms with Crippen molar-refractivity contribution in [3.63, 3.8) is 0 Å². The zero-order valence-electron chi connectivity index (χ0n) is 31.1. The summed E-state index contributed by atoms with van der Waals surface area (Å²) in [7, 11) is -4.69. The van der Waals surface area contributed by atoms with Crippen molar-refractivity contribution >= 4 is 51.3 Å². The molecule has 18 nitrogen and oxygen atoms in total. The maximum absolute atomic E-state index is 14.6. The quantitative estimate of drug-likeness (QED) is 0.0275. The molecule has 0 bridgehead atoms. The summed E-state index contributed by atoms with van der Waals surface area (Å²) in [5.74, 6) is -3.07. The van der Waals surface area contributed by atoms with Gasteiger partial charge in [0.05, 0.1) is 26.7 Å². The van der Waals surface area contributed by atoms with Gasteiger partial charge in [-0.3, -0.25) is 30.0 Å². The van der Waals surface area contributed by atoms with Crippen LogP contribution in [-0.4, -0.2) is 74.9 Å². The van der Waals surface area contributed by atoms with Gasteiger partial charge in [-0.1, -0.05) is 60.7 Å². The number of carbonyl (C=O) groups excluding carboxylic acids is 4. The van der Waals surface area contributed by atoms with Gasteiger partial charge in [0.2, 0.25) is 0 Å². The number of nitro benzene ring substituents is 2. The Labute approximate surface area is 339 Å². The highest BCUT2D eigenvalue weighted by molar-refractivity contribution is 7.94. The third-order valence-electron chi connectivity index (χ3n) is 9.77. The van der Waals surface area contributed by atoms with Crippen molar-refractivity contribution in [1.82, 2.24) is 9.88 Å². The van der Waals surface area contributed by atoms with Gasteiger partial charge < -0.3 is 23.8 Å². The Morgan fingerprint density at radius 1 is 0.817 bits per heavy atom. The fourth-order valence-electron chi connectivity index (χ4n) is 6.72. The lowest BCUT2D eigenvalue weighted by atomic mass is 9.93. The molecule has 3 heterocycles. The highest BCUT2D eigenvalue weighted by atomic mass is 32.2. The Morgan fingerprint density at radius 2 is 1.35 bits per heavy atom. The fraction of sp³-hybridized carbons (Fsp3) is 0.146. The number of esters is 2. The molecule has 304 valence electrons. The monoisotopic (exact) mass is 834 g/mol. The van der Waals surface area contributed by atoms with Crippen molar-refractivity contribution in [2.75, 3.05) is 6.61 Å². The number of nitrogens with zero attached hydrogens (tertiary/aromatic N) is 4. The number of ether oxygens (including phenoxy) is 4. The summed E-state index contributed by atoms with van der Waals surface area (Å²) in [6, 6.07) is 27.0. The zero-order chi connectivity index (χ0) is 42.8. The van der Waals surface area contributed by atoms with Crippen LogP contribution in [0.2, 0.25) is 0 Å². The predicted octanol–water partition coefficient (Wildman–Crippen LogP) is 5.77. The van der Waals surface area contributed by atoms with Gasteiger partial charge in [-0.2, -0.15) is 0 Å². The van der Waals surface area contributed by atoms with E-state index in [1.807, 2.05) is 0 Å². The summed E-state index contributed by atoms with van der Waals surface area (Å²) in [6.07, 6.45) is -0.108. The van der Waals surface area contributed by atoms with Crippen LogP contribution in [0.4, 0.5) is 16.2 Å². The van der Waals surface area contributed by atoms with Crippen LogP contribution in [0.3, 0.4) is 0 Å². The van der Waals surface area contributed by atoms with E-state index in [2.05, 4.69) is 4.98 Å². The molecule has 0 radical (unpaired) electrons. The van der Waals surface area contributed by atoms with Gasteiger partial charge in [-0.25, -0.2) is 22.8 Å². The SMILES string of the molecule is C[C@]1(COC(=O)Oc2ccc([N+](=O)[O-])cc2)[C@H](C(=O)OC(c2ccccc2)c2ccccc2)N2C(=O)/C(=C/c3cc(C(=O)Oc4ccc([N+](=O)[O-])cc4)ccn3)[C@H]2S1(=O)=O. The number of β-lactam (4-membered cyclic amide) rings is 1. The van der Waals surface area contributed by atoms with Gasteiger partial charge in [0.15, 0.2) is 27.4 Å². The highest BCUT2D eigenvalue weighted by Gasteiger charge is 2.73. The first kappa shape index (κ1) is 40.4. The van der Waals surface area contributed by atoms with E-state index < -0.39 is 72.6 Å². The lowest BCUT2D eigenvalue weighted by molar-refractivity contribution is -0.385. The summed E-state index contributed by atoms with van der Waals surface area (Å²) >= 11 is 0. The van der Waals surface area contributed by atoms with Gasteiger partial charge >= 0.3 is 18.1 Å². The third-order valence-corrected chi connectivity index (χ3v) is 12.5. The molecule has 0 saturated carbocycles. The number of sulfone groups is 1. The molecule has 0 N–H and O–H groups in total. The lowest BCUT2D eigenvalue weighted by Gasteiger charge is -2.39. The van der Waals surface area contributed by atoms with Gasteiger partial charge in [0.25, 0.3) is 17.3 Å². The Hall–Kier alpha value is -7.80. The molecule has 2 saturated heterocycles. The average Bonchev–Trinajstić information content (AvgIpc) is 3.41. The molecule has 5 aromatic rings.